The maximum absolute atomic E-state index is 12.4. The Kier molecular flexibility index (Phi) is 5.54. The number of halogens is 2. The van der Waals surface area contributed by atoms with Gasteiger partial charge in [0.2, 0.25) is 0 Å². The van der Waals surface area contributed by atoms with Crippen LogP contribution in [0.5, 0.6) is 0 Å². The molecule has 0 radical (unpaired) electrons. The number of sulfone groups is 1. The van der Waals surface area contributed by atoms with Gasteiger partial charge in [-0.15, -0.1) is 0 Å². The van der Waals surface area contributed by atoms with Crippen molar-refractivity contribution in [2.75, 3.05) is 25.4 Å². The third-order valence-corrected chi connectivity index (χ3v) is 6.00. The predicted molar refractivity (Wildman–Crippen MR) is 84.1 cm³/mol. The van der Waals surface area contributed by atoms with Gasteiger partial charge in [-0.3, -0.25) is 0 Å². The Labute approximate surface area is 135 Å². The lowest BCUT2D eigenvalue weighted by Crippen LogP contribution is -3.16. The minimum atomic E-state index is -3.43. The molecule has 4 nitrogen and oxygen atoms in total. The van der Waals surface area contributed by atoms with Crippen LogP contribution in [-0.2, 0) is 14.6 Å². The topological polar surface area (TPSA) is 47.8 Å². The molecule has 0 amide bonds. The molecule has 0 aromatic heterocycles. The average Bonchev–Trinajstić information content (AvgIpc) is 2.38. The smallest absolute Gasteiger partial charge is 0.185 e. The Morgan fingerprint density at radius 3 is 2.48 bits per heavy atom. The Hall–Kier alpha value is -0.330. The van der Waals surface area contributed by atoms with Crippen molar-refractivity contribution in [2.45, 2.75) is 31.0 Å². The van der Waals surface area contributed by atoms with Gasteiger partial charge in [0.05, 0.1) is 16.5 Å². The standard InChI is InChI=1S/C14H19Cl2NO3S/c1-10-8-17(9-11(2)20-10)5-6-21(18,19)14-7-12(15)3-4-13(14)16/h3-4,7,10-11H,5-6,8-9H2,1-2H3/p+1/t10-,11-/m1/s1. The molecule has 1 aliphatic heterocycles. The summed E-state index contributed by atoms with van der Waals surface area (Å²) >= 11 is 11.8. The molecule has 1 aromatic carbocycles. The van der Waals surface area contributed by atoms with Crippen molar-refractivity contribution in [1.29, 1.82) is 0 Å². The quantitative estimate of drug-likeness (QED) is 0.892. The van der Waals surface area contributed by atoms with E-state index in [0.29, 0.717) is 11.6 Å². The fourth-order valence-corrected chi connectivity index (χ4v) is 4.85. The molecule has 1 fully saturated rings. The number of nitrogens with one attached hydrogen (secondary N) is 1. The van der Waals surface area contributed by atoms with E-state index in [9.17, 15) is 8.42 Å². The normalized spacial score (nSPS) is 26.8. The van der Waals surface area contributed by atoms with E-state index >= 15 is 0 Å². The zero-order chi connectivity index (χ0) is 15.6. The van der Waals surface area contributed by atoms with Crippen molar-refractivity contribution < 1.29 is 18.1 Å². The van der Waals surface area contributed by atoms with Gasteiger partial charge >= 0.3 is 0 Å². The number of hydrogen-bond acceptors (Lipinski definition) is 3. The van der Waals surface area contributed by atoms with Gasteiger partial charge in [0.15, 0.2) is 9.84 Å². The van der Waals surface area contributed by atoms with Crippen LogP contribution in [0.25, 0.3) is 0 Å². The summed E-state index contributed by atoms with van der Waals surface area (Å²) in [7, 11) is -3.43. The summed E-state index contributed by atoms with van der Waals surface area (Å²) in [5.74, 6) is 0.0574. The number of benzene rings is 1. The first-order valence-corrected chi connectivity index (χ1v) is 9.35. The molecule has 1 aliphatic rings. The van der Waals surface area contributed by atoms with E-state index < -0.39 is 9.84 Å². The highest BCUT2D eigenvalue weighted by molar-refractivity contribution is 7.91. The van der Waals surface area contributed by atoms with Crippen LogP contribution in [0.3, 0.4) is 0 Å². The molecule has 0 spiro atoms. The van der Waals surface area contributed by atoms with Gasteiger partial charge < -0.3 is 9.64 Å². The van der Waals surface area contributed by atoms with E-state index in [-0.39, 0.29) is 27.9 Å². The summed E-state index contributed by atoms with van der Waals surface area (Å²) in [4.78, 5) is 1.35. The number of ether oxygens (including phenoxy) is 1. The van der Waals surface area contributed by atoms with Crippen LogP contribution >= 0.6 is 23.2 Å². The maximum Gasteiger partial charge on any atom is 0.185 e. The molecule has 2 atom stereocenters. The highest BCUT2D eigenvalue weighted by Gasteiger charge is 2.28. The summed E-state index contributed by atoms with van der Waals surface area (Å²) in [6.45, 7) is 6.21. The first kappa shape index (κ1) is 17.0. The summed E-state index contributed by atoms with van der Waals surface area (Å²) in [6.07, 6.45) is 0.308. The molecular weight excluding hydrogens is 333 g/mol. The van der Waals surface area contributed by atoms with Crippen LogP contribution in [0.4, 0.5) is 0 Å². The van der Waals surface area contributed by atoms with Crippen molar-refractivity contribution in [1.82, 2.24) is 0 Å². The fourth-order valence-electron chi connectivity index (χ4n) is 2.70. The third kappa shape index (κ3) is 4.57. The number of quaternary nitrogens is 1. The summed E-state index contributed by atoms with van der Waals surface area (Å²) in [5.41, 5.74) is 0. The van der Waals surface area contributed by atoms with Crippen LogP contribution in [0.1, 0.15) is 13.8 Å². The Bertz CT molecular complexity index is 596. The SMILES string of the molecule is C[C@@H]1C[NH+](CCS(=O)(=O)c2cc(Cl)ccc2Cl)C[C@@H](C)O1. The summed E-state index contributed by atoms with van der Waals surface area (Å²) in [5, 5.41) is 0.594. The monoisotopic (exact) mass is 352 g/mol. The van der Waals surface area contributed by atoms with Crippen molar-refractivity contribution >= 4 is 33.0 Å². The van der Waals surface area contributed by atoms with Crippen molar-refractivity contribution in [3.8, 4) is 0 Å². The number of morpholine rings is 1. The van der Waals surface area contributed by atoms with E-state index in [2.05, 4.69) is 0 Å². The van der Waals surface area contributed by atoms with Crippen molar-refractivity contribution in [2.24, 2.45) is 0 Å². The molecule has 1 N–H and O–H groups in total. The molecule has 118 valence electrons. The second-order valence-corrected chi connectivity index (χ2v) is 8.48. The molecule has 7 heteroatoms. The van der Waals surface area contributed by atoms with Gasteiger partial charge in [-0.25, -0.2) is 8.42 Å². The van der Waals surface area contributed by atoms with E-state index in [0.717, 1.165) is 13.1 Å². The summed E-state index contributed by atoms with van der Waals surface area (Å²) < 4.78 is 30.5. The first-order valence-electron chi connectivity index (χ1n) is 6.95. The number of rotatable bonds is 4. The van der Waals surface area contributed by atoms with Crippen LogP contribution < -0.4 is 4.90 Å². The zero-order valence-corrected chi connectivity index (χ0v) is 14.4. The van der Waals surface area contributed by atoms with Gasteiger partial charge in [-0.2, -0.15) is 0 Å². The zero-order valence-electron chi connectivity index (χ0n) is 12.1. The molecule has 0 unspecified atom stereocenters. The van der Waals surface area contributed by atoms with Gasteiger partial charge in [-0.1, -0.05) is 23.2 Å². The first-order chi connectivity index (χ1) is 9.78. The highest BCUT2D eigenvalue weighted by atomic mass is 35.5. The lowest BCUT2D eigenvalue weighted by atomic mass is 10.2. The molecule has 0 saturated carbocycles. The Morgan fingerprint density at radius 2 is 1.86 bits per heavy atom. The highest BCUT2D eigenvalue weighted by Crippen LogP contribution is 2.25. The maximum atomic E-state index is 12.4. The lowest BCUT2D eigenvalue weighted by molar-refractivity contribution is -0.912. The molecule has 21 heavy (non-hydrogen) atoms. The molecule has 0 aliphatic carbocycles. The Morgan fingerprint density at radius 1 is 1.24 bits per heavy atom. The van der Waals surface area contributed by atoms with Gasteiger partial charge in [-0.05, 0) is 32.0 Å². The number of hydrogen-bond donors (Lipinski definition) is 1. The second-order valence-electron chi connectivity index (χ2n) is 5.56. The van der Waals surface area contributed by atoms with E-state index in [4.69, 9.17) is 27.9 Å². The molecular formula is C14H20Cl2NO3S+. The summed E-state index contributed by atoms with van der Waals surface area (Å²) in [6, 6.07) is 4.52. The lowest BCUT2D eigenvalue weighted by Gasteiger charge is -2.32. The molecule has 0 bridgehead atoms. The van der Waals surface area contributed by atoms with E-state index in [1.54, 1.807) is 6.07 Å². The minimum Gasteiger partial charge on any atom is -0.364 e. The molecule has 1 saturated heterocycles. The van der Waals surface area contributed by atoms with Crippen molar-refractivity contribution in [3.05, 3.63) is 28.2 Å². The molecule has 1 aromatic rings. The van der Waals surface area contributed by atoms with Crippen LogP contribution in [0.15, 0.2) is 23.1 Å². The average molecular weight is 353 g/mol. The fraction of sp³-hybridized carbons (Fsp3) is 0.571. The van der Waals surface area contributed by atoms with Crippen molar-refractivity contribution in [3.63, 3.8) is 0 Å². The largest absolute Gasteiger partial charge is 0.364 e. The van der Waals surface area contributed by atoms with Crippen LogP contribution in [0.2, 0.25) is 10.0 Å². The van der Waals surface area contributed by atoms with E-state index in [1.165, 1.54) is 17.0 Å². The van der Waals surface area contributed by atoms with E-state index in [1.807, 2.05) is 13.8 Å². The predicted octanol–water partition coefficient (Wildman–Crippen LogP) is 1.46. The molecule has 1 heterocycles. The minimum absolute atomic E-state index is 0.0574. The molecule has 2 rings (SSSR count). The third-order valence-electron chi connectivity index (χ3n) is 3.57. The van der Waals surface area contributed by atoms with Gasteiger partial charge in [0.25, 0.3) is 0 Å². The van der Waals surface area contributed by atoms with Crippen LogP contribution in [-0.4, -0.2) is 46.0 Å². The van der Waals surface area contributed by atoms with Crippen LogP contribution in [0, 0.1) is 0 Å². The Balaban J connectivity index is 2.06. The van der Waals surface area contributed by atoms with Gasteiger partial charge in [0, 0.05) is 5.02 Å². The van der Waals surface area contributed by atoms with Gasteiger partial charge in [0.1, 0.15) is 31.1 Å². The second kappa shape index (κ2) is 6.84.